The average Bonchev–Trinajstić information content (AvgIpc) is 2.62. The number of nitrogens with zero attached hydrogens (tertiary/aromatic N) is 2. The van der Waals surface area contributed by atoms with E-state index in [1.54, 1.807) is 23.1 Å². The number of halogens is 2. The predicted octanol–water partition coefficient (Wildman–Crippen LogP) is 2.96. The van der Waals surface area contributed by atoms with Crippen LogP contribution in [0.1, 0.15) is 10.4 Å². The Labute approximate surface area is 144 Å². The highest BCUT2D eigenvalue weighted by Gasteiger charge is 2.22. The fourth-order valence-corrected chi connectivity index (χ4v) is 2.82. The highest BCUT2D eigenvalue weighted by atomic mass is 19.3. The largest absolute Gasteiger partial charge is 0.508 e. The summed E-state index contributed by atoms with van der Waals surface area (Å²) < 4.78 is 28.9. The highest BCUT2D eigenvalue weighted by Crippen LogP contribution is 2.21. The molecule has 132 valence electrons. The first-order valence-corrected chi connectivity index (χ1v) is 7.91. The van der Waals surface area contributed by atoms with Gasteiger partial charge in [0.1, 0.15) is 11.5 Å². The van der Waals surface area contributed by atoms with Gasteiger partial charge in [-0.2, -0.15) is 8.78 Å². The van der Waals surface area contributed by atoms with Gasteiger partial charge in [0.05, 0.1) is 0 Å². The molecule has 3 rings (SSSR count). The topological polar surface area (TPSA) is 53.0 Å². The second-order valence-electron chi connectivity index (χ2n) is 5.70. The second-order valence-corrected chi connectivity index (χ2v) is 5.70. The van der Waals surface area contributed by atoms with Crippen LogP contribution in [0.25, 0.3) is 0 Å². The van der Waals surface area contributed by atoms with Gasteiger partial charge in [0.2, 0.25) is 0 Å². The number of amides is 1. The fraction of sp³-hybridized carbons (Fsp3) is 0.278. The van der Waals surface area contributed by atoms with E-state index in [1.807, 2.05) is 12.1 Å². The molecule has 1 heterocycles. The van der Waals surface area contributed by atoms with Crippen LogP contribution in [0.4, 0.5) is 14.5 Å². The maximum atomic E-state index is 12.6. The molecule has 2 aromatic carbocycles. The van der Waals surface area contributed by atoms with E-state index in [0.717, 1.165) is 5.69 Å². The quantitative estimate of drug-likeness (QED) is 0.923. The standard InChI is InChI=1S/C18H18F2N2O3/c19-18(20)25-16-3-1-2-13(12-16)17(24)22-10-8-21(9-11-22)14-4-6-15(23)7-5-14/h1-7,12,18,23H,8-11H2. The third kappa shape index (κ3) is 4.17. The summed E-state index contributed by atoms with van der Waals surface area (Å²) in [6.07, 6.45) is 0. The molecule has 7 heteroatoms. The Morgan fingerprint density at radius 3 is 2.36 bits per heavy atom. The van der Waals surface area contributed by atoms with E-state index in [9.17, 15) is 18.7 Å². The first kappa shape index (κ1) is 17.0. The summed E-state index contributed by atoms with van der Waals surface area (Å²) in [4.78, 5) is 16.4. The van der Waals surface area contributed by atoms with Crippen molar-refractivity contribution in [3.63, 3.8) is 0 Å². The lowest BCUT2D eigenvalue weighted by Gasteiger charge is -2.36. The summed E-state index contributed by atoms with van der Waals surface area (Å²) in [7, 11) is 0. The van der Waals surface area contributed by atoms with Crippen molar-refractivity contribution in [2.75, 3.05) is 31.1 Å². The number of piperazine rings is 1. The van der Waals surface area contributed by atoms with Crippen LogP contribution in [-0.4, -0.2) is 48.7 Å². The molecular weight excluding hydrogens is 330 g/mol. The maximum absolute atomic E-state index is 12.6. The number of benzene rings is 2. The molecule has 1 amide bonds. The number of rotatable bonds is 4. The van der Waals surface area contributed by atoms with Crippen molar-refractivity contribution in [1.29, 1.82) is 0 Å². The molecule has 0 aliphatic carbocycles. The molecule has 0 aromatic heterocycles. The lowest BCUT2D eigenvalue weighted by atomic mass is 10.1. The molecule has 1 saturated heterocycles. The van der Waals surface area contributed by atoms with Crippen molar-refractivity contribution >= 4 is 11.6 Å². The van der Waals surface area contributed by atoms with Gasteiger partial charge in [0.25, 0.3) is 5.91 Å². The number of phenols is 1. The normalized spacial score (nSPS) is 14.7. The van der Waals surface area contributed by atoms with Crippen molar-refractivity contribution in [3.05, 3.63) is 54.1 Å². The second kappa shape index (κ2) is 7.38. The van der Waals surface area contributed by atoms with Gasteiger partial charge in [0.15, 0.2) is 0 Å². The lowest BCUT2D eigenvalue weighted by molar-refractivity contribution is -0.0499. The Bertz CT molecular complexity index is 729. The Hall–Kier alpha value is -2.83. The van der Waals surface area contributed by atoms with Crippen LogP contribution >= 0.6 is 0 Å². The Kier molecular flexibility index (Phi) is 5.02. The van der Waals surface area contributed by atoms with E-state index in [-0.39, 0.29) is 17.4 Å². The summed E-state index contributed by atoms with van der Waals surface area (Å²) in [6, 6.07) is 12.8. The van der Waals surface area contributed by atoms with Crippen LogP contribution in [-0.2, 0) is 0 Å². The minimum absolute atomic E-state index is 0.0245. The van der Waals surface area contributed by atoms with Crippen LogP contribution in [0, 0.1) is 0 Å². The van der Waals surface area contributed by atoms with E-state index in [2.05, 4.69) is 9.64 Å². The van der Waals surface area contributed by atoms with Gasteiger partial charge in [-0.25, -0.2) is 0 Å². The van der Waals surface area contributed by atoms with Crippen molar-refractivity contribution in [1.82, 2.24) is 4.90 Å². The third-order valence-electron chi connectivity index (χ3n) is 4.09. The lowest BCUT2D eigenvalue weighted by Crippen LogP contribution is -2.48. The molecule has 1 aliphatic heterocycles. The molecule has 5 nitrogen and oxygen atoms in total. The Balaban J connectivity index is 1.62. The molecule has 0 unspecified atom stereocenters. The SMILES string of the molecule is O=C(c1cccc(OC(F)F)c1)N1CCN(c2ccc(O)cc2)CC1. The number of carbonyl (C=O) groups excluding carboxylic acids is 1. The van der Waals surface area contributed by atoms with Crippen molar-refractivity contribution in [2.24, 2.45) is 0 Å². The molecular formula is C18H18F2N2O3. The number of anilines is 1. The first-order valence-electron chi connectivity index (χ1n) is 7.91. The van der Waals surface area contributed by atoms with Crippen LogP contribution in [0.15, 0.2) is 48.5 Å². The van der Waals surface area contributed by atoms with Gasteiger partial charge in [-0.15, -0.1) is 0 Å². The molecule has 1 N–H and O–H groups in total. The van der Waals surface area contributed by atoms with Crippen molar-refractivity contribution in [3.8, 4) is 11.5 Å². The van der Waals surface area contributed by atoms with E-state index in [4.69, 9.17) is 0 Å². The fourth-order valence-electron chi connectivity index (χ4n) is 2.82. The summed E-state index contributed by atoms with van der Waals surface area (Å²) in [5, 5.41) is 9.34. The molecule has 1 aliphatic rings. The number of hydrogen-bond donors (Lipinski definition) is 1. The molecule has 0 saturated carbocycles. The molecule has 25 heavy (non-hydrogen) atoms. The van der Waals surface area contributed by atoms with Gasteiger partial charge in [-0.3, -0.25) is 4.79 Å². The molecule has 0 spiro atoms. The number of carbonyl (C=O) groups is 1. The Morgan fingerprint density at radius 2 is 1.72 bits per heavy atom. The molecule has 0 radical (unpaired) electrons. The molecule has 2 aromatic rings. The number of ether oxygens (including phenoxy) is 1. The molecule has 0 bridgehead atoms. The highest BCUT2D eigenvalue weighted by molar-refractivity contribution is 5.94. The van der Waals surface area contributed by atoms with Gasteiger partial charge in [-0.05, 0) is 42.5 Å². The third-order valence-corrected chi connectivity index (χ3v) is 4.09. The van der Waals surface area contributed by atoms with Gasteiger partial charge in [0, 0.05) is 37.4 Å². The van der Waals surface area contributed by atoms with Crippen LogP contribution in [0.5, 0.6) is 11.5 Å². The van der Waals surface area contributed by atoms with Crippen LogP contribution in [0.3, 0.4) is 0 Å². The van der Waals surface area contributed by atoms with Crippen LogP contribution < -0.4 is 9.64 Å². The van der Waals surface area contributed by atoms with E-state index >= 15 is 0 Å². The zero-order valence-electron chi connectivity index (χ0n) is 13.4. The zero-order valence-corrected chi connectivity index (χ0v) is 13.4. The zero-order chi connectivity index (χ0) is 17.8. The number of hydrogen-bond acceptors (Lipinski definition) is 4. The van der Waals surface area contributed by atoms with Gasteiger partial charge >= 0.3 is 6.61 Å². The van der Waals surface area contributed by atoms with Crippen molar-refractivity contribution in [2.45, 2.75) is 6.61 Å². The minimum atomic E-state index is -2.92. The molecule has 1 fully saturated rings. The minimum Gasteiger partial charge on any atom is -0.508 e. The van der Waals surface area contributed by atoms with E-state index < -0.39 is 6.61 Å². The van der Waals surface area contributed by atoms with Gasteiger partial charge < -0.3 is 19.6 Å². The average molecular weight is 348 g/mol. The smallest absolute Gasteiger partial charge is 0.387 e. The summed E-state index contributed by atoms with van der Waals surface area (Å²) in [6.45, 7) is -0.550. The van der Waals surface area contributed by atoms with Gasteiger partial charge in [-0.1, -0.05) is 6.07 Å². The van der Waals surface area contributed by atoms with Crippen molar-refractivity contribution < 1.29 is 23.4 Å². The number of alkyl halides is 2. The summed E-state index contributed by atoms with van der Waals surface area (Å²) >= 11 is 0. The van der Waals surface area contributed by atoms with E-state index in [1.165, 1.54) is 18.2 Å². The van der Waals surface area contributed by atoms with Crippen LogP contribution in [0.2, 0.25) is 0 Å². The monoisotopic (exact) mass is 348 g/mol. The summed E-state index contributed by atoms with van der Waals surface area (Å²) in [5.41, 5.74) is 1.31. The first-order chi connectivity index (χ1) is 12.0. The predicted molar refractivity (Wildman–Crippen MR) is 89.3 cm³/mol. The maximum Gasteiger partial charge on any atom is 0.387 e. The Morgan fingerprint density at radius 1 is 1.04 bits per heavy atom. The van der Waals surface area contributed by atoms with E-state index in [0.29, 0.717) is 31.7 Å². The number of aromatic hydroxyl groups is 1. The summed E-state index contributed by atoms with van der Waals surface area (Å²) in [5.74, 6) is -0.0166. The molecule has 0 atom stereocenters. The number of phenolic OH excluding ortho intramolecular Hbond substituents is 1.